The van der Waals surface area contributed by atoms with Gasteiger partial charge in [-0.1, -0.05) is 34.4 Å². The number of carbonyl (C=O) groups is 1. The van der Waals surface area contributed by atoms with E-state index >= 15 is 0 Å². The highest BCUT2D eigenvalue weighted by molar-refractivity contribution is 7.13. The Morgan fingerprint density at radius 2 is 2.00 bits per heavy atom. The standard InChI is InChI=1S/C18H15Cl2FN4O2S/c19-12-9-13(20)14(21)8-11(12)18(26)25-5-3-24(4-6-25)10-16-22-17(23-27-16)15-2-1-7-28-15/h1-2,7-9H,3-6,10H2. The first-order valence-electron chi connectivity index (χ1n) is 8.54. The predicted molar refractivity (Wildman–Crippen MR) is 105 cm³/mol. The number of hydrogen-bond donors (Lipinski definition) is 0. The van der Waals surface area contributed by atoms with Crippen molar-refractivity contribution in [1.29, 1.82) is 0 Å². The van der Waals surface area contributed by atoms with Gasteiger partial charge in [-0.3, -0.25) is 9.69 Å². The van der Waals surface area contributed by atoms with E-state index in [4.69, 9.17) is 27.7 Å². The van der Waals surface area contributed by atoms with E-state index in [0.29, 0.717) is 44.4 Å². The van der Waals surface area contributed by atoms with Crippen LogP contribution in [0.4, 0.5) is 4.39 Å². The molecule has 0 aliphatic carbocycles. The molecular formula is C18H15Cl2FN4O2S. The molecule has 3 heterocycles. The number of amides is 1. The summed E-state index contributed by atoms with van der Waals surface area (Å²) in [7, 11) is 0. The molecule has 0 radical (unpaired) electrons. The van der Waals surface area contributed by atoms with E-state index in [0.717, 1.165) is 10.9 Å². The number of piperazine rings is 1. The van der Waals surface area contributed by atoms with Gasteiger partial charge in [-0.15, -0.1) is 11.3 Å². The van der Waals surface area contributed by atoms with E-state index in [1.54, 1.807) is 16.2 Å². The number of thiophene rings is 1. The molecule has 146 valence electrons. The van der Waals surface area contributed by atoms with Crippen LogP contribution in [0.15, 0.2) is 34.2 Å². The molecule has 6 nitrogen and oxygen atoms in total. The van der Waals surface area contributed by atoms with Crippen molar-refractivity contribution < 1.29 is 13.7 Å². The zero-order valence-electron chi connectivity index (χ0n) is 14.6. The SMILES string of the molecule is O=C(c1cc(F)c(Cl)cc1Cl)N1CCN(Cc2nc(-c3cccs3)no2)CC1. The van der Waals surface area contributed by atoms with Crippen LogP contribution in [0.5, 0.6) is 0 Å². The van der Waals surface area contributed by atoms with Crippen molar-refractivity contribution in [3.63, 3.8) is 0 Å². The topological polar surface area (TPSA) is 62.5 Å². The monoisotopic (exact) mass is 440 g/mol. The predicted octanol–water partition coefficient (Wildman–Crippen LogP) is 4.20. The minimum absolute atomic E-state index is 0.104. The van der Waals surface area contributed by atoms with Crippen molar-refractivity contribution in [3.8, 4) is 10.7 Å². The van der Waals surface area contributed by atoms with Gasteiger partial charge in [0.15, 0.2) is 0 Å². The van der Waals surface area contributed by atoms with Crippen LogP contribution in [0.2, 0.25) is 10.0 Å². The summed E-state index contributed by atoms with van der Waals surface area (Å²) < 4.78 is 19.0. The van der Waals surface area contributed by atoms with Crippen molar-refractivity contribution in [2.45, 2.75) is 6.54 Å². The molecule has 0 saturated carbocycles. The van der Waals surface area contributed by atoms with Crippen molar-refractivity contribution in [3.05, 3.63) is 57.0 Å². The highest BCUT2D eigenvalue weighted by Gasteiger charge is 2.25. The Morgan fingerprint density at radius 3 is 2.71 bits per heavy atom. The summed E-state index contributed by atoms with van der Waals surface area (Å²) in [6.07, 6.45) is 0. The lowest BCUT2D eigenvalue weighted by Crippen LogP contribution is -2.48. The van der Waals surface area contributed by atoms with Crippen LogP contribution in [0.3, 0.4) is 0 Å². The molecule has 1 amide bonds. The number of carbonyl (C=O) groups excluding carboxylic acids is 1. The highest BCUT2D eigenvalue weighted by atomic mass is 35.5. The largest absolute Gasteiger partial charge is 0.338 e. The van der Waals surface area contributed by atoms with Gasteiger partial charge in [-0.05, 0) is 23.6 Å². The number of halogens is 3. The zero-order chi connectivity index (χ0) is 19.7. The molecule has 1 aromatic carbocycles. The Morgan fingerprint density at radius 1 is 1.21 bits per heavy atom. The van der Waals surface area contributed by atoms with Gasteiger partial charge in [-0.25, -0.2) is 4.39 Å². The highest BCUT2D eigenvalue weighted by Crippen LogP contribution is 2.26. The van der Waals surface area contributed by atoms with E-state index < -0.39 is 5.82 Å². The smallest absolute Gasteiger partial charge is 0.255 e. The van der Waals surface area contributed by atoms with Crippen molar-refractivity contribution in [2.24, 2.45) is 0 Å². The Balaban J connectivity index is 1.36. The first kappa shape index (κ1) is 19.3. The molecule has 0 bridgehead atoms. The minimum Gasteiger partial charge on any atom is -0.338 e. The third kappa shape index (κ3) is 4.05. The molecule has 2 aromatic heterocycles. The minimum atomic E-state index is -0.661. The summed E-state index contributed by atoms with van der Waals surface area (Å²) >= 11 is 13.3. The molecule has 0 atom stereocenters. The number of nitrogens with zero attached hydrogens (tertiary/aromatic N) is 4. The van der Waals surface area contributed by atoms with Crippen LogP contribution in [-0.2, 0) is 6.54 Å². The van der Waals surface area contributed by atoms with Crippen LogP contribution in [-0.4, -0.2) is 52.0 Å². The van der Waals surface area contributed by atoms with Gasteiger partial charge in [0.1, 0.15) is 5.82 Å². The normalized spacial score (nSPS) is 15.2. The molecule has 10 heteroatoms. The van der Waals surface area contributed by atoms with Gasteiger partial charge < -0.3 is 9.42 Å². The molecule has 4 rings (SSSR count). The van der Waals surface area contributed by atoms with Gasteiger partial charge in [-0.2, -0.15) is 4.98 Å². The lowest BCUT2D eigenvalue weighted by atomic mass is 10.1. The molecule has 1 fully saturated rings. The summed E-state index contributed by atoms with van der Waals surface area (Å²) in [5.41, 5.74) is 0.120. The van der Waals surface area contributed by atoms with Crippen molar-refractivity contribution in [2.75, 3.05) is 26.2 Å². The zero-order valence-corrected chi connectivity index (χ0v) is 16.9. The van der Waals surface area contributed by atoms with Gasteiger partial charge in [0, 0.05) is 26.2 Å². The lowest BCUT2D eigenvalue weighted by Gasteiger charge is -2.34. The van der Waals surface area contributed by atoms with Crippen LogP contribution in [0.1, 0.15) is 16.2 Å². The molecule has 1 saturated heterocycles. The van der Waals surface area contributed by atoms with E-state index in [-0.39, 0.29) is 21.5 Å². The van der Waals surface area contributed by atoms with E-state index in [1.807, 2.05) is 17.5 Å². The molecule has 3 aromatic rings. The third-order valence-corrected chi connectivity index (χ3v) is 5.94. The summed E-state index contributed by atoms with van der Waals surface area (Å²) in [5.74, 6) is 0.146. The molecule has 0 spiro atoms. The van der Waals surface area contributed by atoms with E-state index in [1.165, 1.54) is 6.07 Å². The maximum Gasteiger partial charge on any atom is 0.255 e. The molecule has 1 aliphatic heterocycles. The van der Waals surface area contributed by atoms with Crippen LogP contribution in [0, 0.1) is 5.82 Å². The summed E-state index contributed by atoms with van der Waals surface area (Å²) in [4.78, 5) is 21.8. The molecule has 1 aliphatic rings. The number of rotatable bonds is 4. The average molecular weight is 441 g/mol. The number of aromatic nitrogens is 2. The summed E-state index contributed by atoms with van der Waals surface area (Å²) in [6.45, 7) is 2.76. The van der Waals surface area contributed by atoms with Gasteiger partial charge >= 0.3 is 0 Å². The molecule has 28 heavy (non-hydrogen) atoms. The second-order valence-electron chi connectivity index (χ2n) is 6.30. The molecular weight excluding hydrogens is 426 g/mol. The first-order chi connectivity index (χ1) is 13.5. The third-order valence-electron chi connectivity index (χ3n) is 4.47. The van der Waals surface area contributed by atoms with Gasteiger partial charge in [0.25, 0.3) is 5.91 Å². The van der Waals surface area contributed by atoms with Crippen LogP contribution >= 0.6 is 34.5 Å². The maximum absolute atomic E-state index is 13.7. The summed E-state index contributed by atoms with van der Waals surface area (Å²) in [5, 5.41) is 6.00. The summed E-state index contributed by atoms with van der Waals surface area (Å²) in [6, 6.07) is 6.21. The Hall–Kier alpha value is -2.00. The second-order valence-corrected chi connectivity index (χ2v) is 8.07. The van der Waals surface area contributed by atoms with Crippen molar-refractivity contribution in [1.82, 2.24) is 19.9 Å². The average Bonchev–Trinajstić information content (AvgIpc) is 3.36. The van der Waals surface area contributed by atoms with E-state index in [2.05, 4.69) is 15.0 Å². The molecule has 0 N–H and O–H groups in total. The second kappa shape index (κ2) is 8.16. The fourth-order valence-electron chi connectivity index (χ4n) is 2.98. The quantitative estimate of drug-likeness (QED) is 0.568. The number of hydrogen-bond acceptors (Lipinski definition) is 6. The van der Waals surface area contributed by atoms with Crippen LogP contribution in [0.25, 0.3) is 10.7 Å². The lowest BCUT2D eigenvalue weighted by molar-refractivity contribution is 0.0615. The van der Waals surface area contributed by atoms with Gasteiger partial charge in [0.05, 0.1) is 27.0 Å². The maximum atomic E-state index is 13.7. The fraction of sp³-hybridized carbons (Fsp3) is 0.278. The number of benzene rings is 1. The van der Waals surface area contributed by atoms with Crippen LogP contribution < -0.4 is 0 Å². The van der Waals surface area contributed by atoms with Gasteiger partial charge in [0.2, 0.25) is 11.7 Å². The Labute approximate surface area is 174 Å². The molecule has 0 unspecified atom stereocenters. The Bertz CT molecular complexity index is 988. The van der Waals surface area contributed by atoms with Crippen molar-refractivity contribution >= 4 is 40.4 Å². The Kier molecular flexibility index (Phi) is 5.63. The fourth-order valence-corrected chi connectivity index (χ4v) is 4.10. The first-order valence-corrected chi connectivity index (χ1v) is 10.2. The van der Waals surface area contributed by atoms with E-state index in [9.17, 15) is 9.18 Å².